The van der Waals surface area contributed by atoms with E-state index in [1.54, 1.807) is 6.20 Å². The first-order valence-electron chi connectivity index (χ1n) is 8.00. The van der Waals surface area contributed by atoms with E-state index >= 15 is 0 Å². The number of hydrogen-bond donors (Lipinski definition) is 0. The van der Waals surface area contributed by atoms with Crippen LogP contribution < -0.4 is 5.56 Å². The van der Waals surface area contributed by atoms with Gasteiger partial charge in [0.25, 0.3) is 12.0 Å². The van der Waals surface area contributed by atoms with Gasteiger partial charge >= 0.3 is 0 Å². The first kappa shape index (κ1) is 17.8. The van der Waals surface area contributed by atoms with Crippen LogP contribution in [0.5, 0.6) is 0 Å². The fourth-order valence-corrected chi connectivity index (χ4v) is 3.02. The van der Waals surface area contributed by atoms with E-state index in [4.69, 9.17) is 0 Å². The van der Waals surface area contributed by atoms with Crippen LogP contribution in [0.25, 0.3) is 0 Å². The van der Waals surface area contributed by atoms with Gasteiger partial charge in [0.2, 0.25) is 0 Å². The largest absolute Gasteiger partial charge is 0.309 e. The van der Waals surface area contributed by atoms with Crippen molar-refractivity contribution in [1.29, 1.82) is 0 Å². The molecule has 1 aliphatic rings. The van der Waals surface area contributed by atoms with E-state index in [1.807, 2.05) is 25.9 Å². The van der Waals surface area contributed by atoms with Crippen LogP contribution in [0.15, 0.2) is 17.1 Å². The summed E-state index contributed by atoms with van der Waals surface area (Å²) in [6.07, 6.45) is 1.07. The summed E-state index contributed by atoms with van der Waals surface area (Å²) in [4.78, 5) is 26.5. The molecule has 1 saturated carbocycles. The van der Waals surface area contributed by atoms with E-state index < -0.39 is 23.6 Å². The van der Waals surface area contributed by atoms with Gasteiger partial charge in [-0.05, 0) is 50.9 Å². The molecular formula is C17H24F2N2O2. The number of Topliss-reactive ketones (excluding diaryl/α,β-unsaturated/α-hetero) is 1. The smallest absolute Gasteiger partial charge is 0.269 e. The van der Waals surface area contributed by atoms with Crippen molar-refractivity contribution in [3.05, 3.63) is 33.7 Å². The second kappa shape index (κ2) is 7.34. The highest BCUT2D eigenvalue weighted by Crippen LogP contribution is 2.29. The number of nitrogens with zero attached hydrogens (tertiary/aromatic N) is 2. The molecule has 1 aromatic rings. The number of ketones is 1. The molecule has 0 bridgehead atoms. The summed E-state index contributed by atoms with van der Waals surface area (Å²) >= 11 is 0. The molecule has 0 radical (unpaired) electrons. The molecule has 23 heavy (non-hydrogen) atoms. The maximum atomic E-state index is 13.2. The summed E-state index contributed by atoms with van der Waals surface area (Å²) in [5, 5.41) is 0. The maximum Gasteiger partial charge on any atom is 0.269 e. The number of carbonyl (C=O) groups excluding carboxylic acids is 1. The highest BCUT2D eigenvalue weighted by atomic mass is 19.3. The zero-order valence-electron chi connectivity index (χ0n) is 13.9. The van der Waals surface area contributed by atoms with Gasteiger partial charge in [0.15, 0.2) is 5.78 Å². The van der Waals surface area contributed by atoms with E-state index in [2.05, 4.69) is 0 Å². The van der Waals surface area contributed by atoms with Crippen LogP contribution in [0.1, 0.15) is 49.8 Å². The quantitative estimate of drug-likeness (QED) is 0.835. The van der Waals surface area contributed by atoms with Crippen molar-refractivity contribution in [2.75, 3.05) is 20.6 Å². The molecule has 2 rings (SSSR count). The van der Waals surface area contributed by atoms with Gasteiger partial charge in [-0.15, -0.1) is 0 Å². The standard InChI is InChI=1S/C17H24F2N2O2/c1-11-4-5-15(22)14(8-11)21-10-12(6-7-20(2)3)9-13(16(18)19)17(21)23/h9-11,14,16H,4-8H2,1-3H3. The lowest BCUT2D eigenvalue weighted by Gasteiger charge is -2.28. The average molecular weight is 326 g/mol. The fourth-order valence-electron chi connectivity index (χ4n) is 3.02. The van der Waals surface area contributed by atoms with Crippen LogP contribution >= 0.6 is 0 Å². The van der Waals surface area contributed by atoms with Gasteiger partial charge in [0.1, 0.15) is 0 Å². The van der Waals surface area contributed by atoms with Crippen LogP contribution in [0.4, 0.5) is 8.78 Å². The van der Waals surface area contributed by atoms with Crippen molar-refractivity contribution in [3.63, 3.8) is 0 Å². The fraction of sp³-hybridized carbons (Fsp3) is 0.647. The minimum atomic E-state index is -2.83. The number of rotatable bonds is 5. The topological polar surface area (TPSA) is 42.3 Å². The molecular weight excluding hydrogens is 302 g/mol. The molecule has 2 unspecified atom stereocenters. The van der Waals surface area contributed by atoms with E-state index in [0.717, 1.165) is 6.42 Å². The Balaban J connectivity index is 2.43. The Morgan fingerprint density at radius 1 is 1.35 bits per heavy atom. The number of halogens is 2. The van der Waals surface area contributed by atoms with E-state index in [-0.39, 0.29) is 5.78 Å². The third kappa shape index (κ3) is 4.25. The second-order valence-electron chi connectivity index (χ2n) is 6.73. The van der Waals surface area contributed by atoms with E-state index in [1.165, 1.54) is 10.6 Å². The van der Waals surface area contributed by atoms with Crippen molar-refractivity contribution in [3.8, 4) is 0 Å². The zero-order valence-corrected chi connectivity index (χ0v) is 13.9. The molecule has 0 amide bonds. The van der Waals surface area contributed by atoms with E-state index in [0.29, 0.717) is 37.3 Å². The van der Waals surface area contributed by atoms with E-state index in [9.17, 15) is 18.4 Å². The molecule has 1 aromatic heterocycles. The number of alkyl halides is 2. The summed E-state index contributed by atoms with van der Waals surface area (Å²) in [6.45, 7) is 2.71. The first-order valence-corrected chi connectivity index (χ1v) is 8.00. The molecule has 0 spiro atoms. The summed E-state index contributed by atoms with van der Waals surface area (Å²) in [5.41, 5.74) is -0.576. The predicted octanol–water partition coefficient (Wildman–Crippen LogP) is 2.82. The molecule has 0 N–H and O–H groups in total. The molecule has 1 heterocycles. The molecule has 2 atom stereocenters. The lowest BCUT2D eigenvalue weighted by Crippen LogP contribution is -2.35. The SMILES string of the molecule is CC1CCC(=O)C(n2cc(CCN(C)C)cc(C(F)F)c2=O)C1. The maximum absolute atomic E-state index is 13.2. The predicted molar refractivity (Wildman–Crippen MR) is 85.0 cm³/mol. The Kier molecular flexibility index (Phi) is 5.68. The van der Waals surface area contributed by atoms with Gasteiger partial charge in [-0.2, -0.15) is 0 Å². The summed E-state index contributed by atoms with van der Waals surface area (Å²) < 4.78 is 27.7. The highest BCUT2D eigenvalue weighted by molar-refractivity contribution is 5.83. The van der Waals surface area contributed by atoms with Gasteiger partial charge in [-0.25, -0.2) is 8.78 Å². The summed E-state index contributed by atoms with van der Waals surface area (Å²) in [5.74, 6) is 0.278. The van der Waals surface area contributed by atoms with Gasteiger partial charge in [-0.3, -0.25) is 9.59 Å². The average Bonchev–Trinajstić information content (AvgIpc) is 2.48. The minimum absolute atomic E-state index is 0.0322. The van der Waals surface area contributed by atoms with Crippen LogP contribution in [0.3, 0.4) is 0 Å². The minimum Gasteiger partial charge on any atom is -0.309 e. The monoisotopic (exact) mass is 326 g/mol. The van der Waals surface area contributed by atoms with Crippen molar-refractivity contribution >= 4 is 5.78 Å². The van der Waals surface area contributed by atoms with Crippen molar-refractivity contribution < 1.29 is 13.6 Å². The molecule has 4 nitrogen and oxygen atoms in total. The highest BCUT2D eigenvalue weighted by Gasteiger charge is 2.30. The number of likely N-dealkylation sites (N-methyl/N-ethyl adjacent to an activating group) is 1. The number of aromatic nitrogens is 1. The normalized spacial score (nSPS) is 22.1. The Morgan fingerprint density at radius 2 is 2.04 bits per heavy atom. The van der Waals surface area contributed by atoms with Gasteiger partial charge in [0, 0.05) is 19.2 Å². The first-order chi connectivity index (χ1) is 10.8. The summed E-state index contributed by atoms with van der Waals surface area (Å²) in [7, 11) is 3.80. The molecule has 1 aliphatic carbocycles. The van der Waals surface area contributed by atoms with Crippen molar-refractivity contribution in [1.82, 2.24) is 9.47 Å². The van der Waals surface area contributed by atoms with Crippen LogP contribution in [-0.2, 0) is 11.2 Å². The van der Waals surface area contributed by atoms with Gasteiger partial charge < -0.3 is 9.47 Å². The third-order valence-corrected chi connectivity index (χ3v) is 4.43. The molecule has 0 saturated heterocycles. The number of hydrogen-bond acceptors (Lipinski definition) is 3. The van der Waals surface area contributed by atoms with Crippen LogP contribution in [0.2, 0.25) is 0 Å². The lowest BCUT2D eigenvalue weighted by molar-refractivity contribution is -0.124. The number of pyridine rings is 1. The van der Waals surface area contributed by atoms with Crippen LogP contribution in [0, 0.1) is 5.92 Å². The van der Waals surface area contributed by atoms with Crippen LogP contribution in [-0.4, -0.2) is 35.9 Å². The summed E-state index contributed by atoms with van der Waals surface area (Å²) in [6, 6.07) is 0.673. The molecule has 0 aromatic carbocycles. The van der Waals surface area contributed by atoms with Gasteiger partial charge in [0.05, 0.1) is 11.6 Å². The van der Waals surface area contributed by atoms with Crippen molar-refractivity contribution in [2.24, 2.45) is 5.92 Å². The van der Waals surface area contributed by atoms with Gasteiger partial charge in [-0.1, -0.05) is 6.92 Å². The molecule has 6 heteroatoms. The molecule has 1 fully saturated rings. The zero-order chi connectivity index (χ0) is 17.1. The Bertz CT molecular complexity index is 626. The Morgan fingerprint density at radius 3 is 2.65 bits per heavy atom. The third-order valence-electron chi connectivity index (χ3n) is 4.43. The Labute approximate surface area is 135 Å². The number of carbonyl (C=O) groups is 1. The Hall–Kier alpha value is -1.56. The second-order valence-corrected chi connectivity index (χ2v) is 6.73. The molecule has 128 valence electrons. The molecule has 0 aliphatic heterocycles. The lowest BCUT2D eigenvalue weighted by atomic mass is 9.85. The van der Waals surface area contributed by atoms with Crippen molar-refractivity contribution in [2.45, 2.75) is 45.1 Å².